The van der Waals surface area contributed by atoms with E-state index in [0.29, 0.717) is 22.2 Å². The summed E-state index contributed by atoms with van der Waals surface area (Å²) in [6, 6.07) is 6.79. The van der Waals surface area contributed by atoms with Crippen molar-refractivity contribution in [2.24, 2.45) is 7.05 Å². The summed E-state index contributed by atoms with van der Waals surface area (Å²) in [7, 11) is 1.71. The number of ketones is 1. The number of nitrogens with one attached hydrogen (secondary N) is 1. The predicted molar refractivity (Wildman–Crippen MR) is 126 cm³/mol. The van der Waals surface area contributed by atoms with Gasteiger partial charge in [-0.1, -0.05) is 11.8 Å². The van der Waals surface area contributed by atoms with E-state index in [9.17, 15) is 14.4 Å². The quantitative estimate of drug-likeness (QED) is 0.357. The molecule has 8 nitrogen and oxygen atoms in total. The number of rotatable bonds is 5. The Morgan fingerprint density at radius 3 is 2.66 bits per heavy atom. The van der Waals surface area contributed by atoms with Crippen LogP contribution in [0.4, 0.5) is 5.69 Å². The third-order valence-electron chi connectivity index (χ3n) is 5.70. The van der Waals surface area contributed by atoms with Crippen molar-refractivity contribution in [3.63, 3.8) is 0 Å². The molecule has 1 aliphatic rings. The third-order valence-corrected chi connectivity index (χ3v) is 7.90. The molecule has 0 saturated carbocycles. The van der Waals surface area contributed by atoms with Crippen LogP contribution in [-0.4, -0.2) is 36.6 Å². The van der Waals surface area contributed by atoms with Gasteiger partial charge in [0, 0.05) is 23.2 Å². The number of nitrogens with zero attached hydrogens (tertiary/aromatic N) is 4. The summed E-state index contributed by atoms with van der Waals surface area (Å²) < 4.78 is 3.44. The van der Waals surface area contributed by atoms with Gasteiger partial charge in [-0.3, -0.25) is 19.0 Å². The number of hydrogen-bond acceptors (Lipinski definition) is 7. The standard InChI is InChI=1S/C22H21N5O3S2/c1-12(28)13-7-9-14(10-8-13)23-17(29)11-31-22-25-24-21-26(2)19(30)18-15-5-3-4-6-16(15)32-20(18)27(21)22/h7-10H,3-6,11H2,1-2H3,(H,23,29). The van der Waals surface area contributed by atoms with Gasteiger partial charge in [-0.2, -0.15) is 0 Å². The molecule has 0 atom stereocenters. The molecule has 1 amide bonds. The van der Waals surface area contributed by atoms with Crippen LogP contribution in [0.15, 0.2) is 34.2 Å². The average molecular weight is 468 g/mol. The van der Waals surface area contributed by atoms with E-state index in [1.54, 1.807) is 42.6 Å². The summed E-state index contributed by atoms with van der Waals surface area (Å²) in [5.41, 5.74) is 2.35. The largest absolute Gasteiger partial charge is 0.325 e. The monoisotopic (exact) mass is 467 g/mol. The van der Waals surface area contributed by atoms with Gasteiger partial charge in [-0.05, 0) is 62.4 Å². The number of Topliss-reactive ketones (excluding diaryl/α,β-unsaturated/α-hetero) is 1. The summed E-state index contributed by atoms with van der Waals surface area (Å²) >= 11 is 2.92. The van der Waals surface area contributed by atoms with Gasteiger partial charge in [0.2, 0.25) is 11.7 Å². The fourth-order valence-electron chi connectivity index (χ4n) is 4.05. The van der Waals surface area contributed by atoms with Crippen LogP contribution in [0.3, 0.4) is 0 Å². The van der Waals surface area contributed by atoms with Gasteiger partial charge in [0.25, 0.3) is 5.56 Å². The molecule has 0 bridgehead atoms. The maximum atomic E-state index is 13.0. The number of carbonyl (C=O) groups is 2. The summed E-state index contributed by atoms with van der Waals surface area (Å²) in [5, 5.41) is 12.7. The van der Waals surface area contributed by atoms with Crippen LogP contribution in [0.25, 0.3) is 16.0 Å². The van der Waals surface area contributed by atoms with Crippen LogP contribution >= 0.6 is 23.1 Å². The molecular formula is C22H21N5O3S2. The first-order chi connectivity index (χ1) is 15.4. The number of fused-ring (bicyclic) bond motifs is 5. The maximum absolute atomic E-state index is 13.0. The fourth-order valence-corrected chi connectivity index (χ4v) is 6.22. The Labute approximate surface area is 191 Å². The average Bonchev–Trinajstić information content (AvgIpc) is 3.38. The van der Waals surface area contributed by atoms with Crippen LogP contribution in [-0.2, 0) is 24.7 Å². The van der Waals surface area contributed by atoms with Crippen molar-refractivity contribution in [2.75, 3.05) is 11.1 Å². The number of thiophene rings is 1. The van der Waals surface area contributed by atoms with Crippen LogP contribution in [0.5, 0.6) is 0 Å². The summed E-state index contributed by atoms with van der Waals surface area (Å²) in [4.78, 5) is 39.0. The second-order valence-corrected chi connectivity index (χ2v) is 9.87. The van der Waals surface area contributed by atoms with E-state index in [0.717, 1.165) is 41.5 Å². The fraction of sp³-hybridized carbons (Fsp3) is 0.318. The number of aryl methyl sites for hydroxylation is 3. The van der Waals surface area contributed by atoms with E-state index in [1.165, 1.54) is 28.1 Å². The molecule has 1 aliphatic carbocycles. The van der Waals surface area contributed by atoms with Gasteiger partial charge < -0.3 is 5.32 Å². The smallest absolute Gasteiger partial charge is 0.263 e. The van der Waals surface area contributed by atoms with Gasteiger partial charge in [-0.25, -0.2) is 4.40 Å². The van der Waals surface area contributed by atoms with Crippen molar-refractivity contribution in [3.05, 3.63) is 50.6 Å². The highest BCUT2D eigenvalue weighted by molar-refractivity contribution is 7.99. The van der Waals surface area contributed by atoms with E-state index >= 15 is 0 Å². The minimum Gasteiger partial charge on any atom is -0.325 e. The molecule has 0 spiro atoms. The lowest BCUT2D eigenvalue weighted by atomic mass is 9.97. The molecule has 3 heterocycles. The number of amides is 1. The summed E-state index contributed by atoms with van der Waals surface area (Å²) in [6.07, 6.45) is 4.15. The molecule has 0 saturated heterocycles. The topological polar surface area (TPSA) is 98.4 Å². The minimum absolute atomic E-state index is 0.0203. The van der Waals surface area contributed by atoms with Crippen molar-refractivity contribution < 1.29 is 9.59 Å². The molecule has 1 aromatic carbocycles. The lowest BCUT2D eigenvalue weighted by molar-refractivity contribution is -0.113. The van der Waals surface area contributed by atoms with Crippen molar-refractivity contribution in [1.82, 2.24) is 19.2 Å². The highest BCUT2D eigenvalue weighted by Gasteiger charge is 2.24. The Kier molecular flexibility index (Phi) is 5.34. The number of hydrogen-bond donors (Lipinski definition) is 1. The highest BCUT2D eigenvalue weighted by atomic mass is 32.2. The summed E-state index contributed by atoms with van der Waals surface area (Å²) in [6.45, 7) is 1.50. The van der Waals surface area contributed by atoms with Gasteiger partial charge >= 0.3 is 0 Å². The molecule has 32 heavy (non-hydrogen) atoms. The lowest BCUT2D eigenvalue weighted by Crippen LogP contribution is -2.20. The zero-order chi connectivity index (χ0) is 22.4. The molecule has 4 aromatic rings. The number of carbonyl (C=O) groups excluding carboxylic acids is 2. The second kappa shape index (κ2) is 8.18. The Hall–Kier alpha value is -2.98. The molecule has 0 aliphatic heterocycles. The zero-order valence-corrected chi connectivity index (χ0v) is 19.3. The number of benzene rings is 1. The summed E-state index contributed by atoms with van der Waals surface area (Å²) in [5.74, 6) is 0.413. The molecule has 5 rings (SSSR count). The first kappa shape index (κ1) is 20.9. The van der Waals surface area contributed by atoms with Gasteiger partial charge in [0.1, 0.15) is 4.83 Å². The van der Waals surface area contributed by atoms with E-state index in [2.05, 4.69) is 15.5 Å². The maximum Gasteiger partial charge on any atom is 0.263 e. The molecular weight excluding hydrogens is 446 g/mol. The first-order valence-corrected chi connectivity index (χ1v) is 12.2. The first-order valence-electron chi connectivity index (χ1n) is 10.4. The molecule has 1 N–H and O–H groups in total. The van der Waals surface area contributed by atoms with Crippen LogP contribution in [0, 0.1) is 0 Å². The Bertz CT molecular complexity index is 1430. The highest BCUT2D eigenvalue weighted by Crippen LogP contribution is 2.36. The Morgan fingerprint density at radius 1 is 1.16 bits per heavy atom. The molecule has 0 radical (unpaired) electrons. The SMILES string of the molecule is CC(=O)c1ccc(NC(=O)CSc2nnc3n(C)c(=O)c4c5c(sc4n23)CCCC5)cc1. The van der Waals surface area contributed by atoms with Crippen LogP contribution in [0.1, 0.15) is 40.6 Å². The molecule has 3 aromatic heterocycles. The van der Waals surface area contributed by atoms with E-state index in [-0.39, 0.29) is 23.0 Å². The Balaban J connectivity index is 1.43. The van der Waals surface area contributed by atoms with E-state index in [4.69, 9.17) is 0 Å². The number of aromatic nitrogens is 4. The van der Waals surface area contributed by atoms with E-state index < -0.39 is 0 Å². The van der Waals surface area contributed by atoms with Crippen LogP contribution in [0.2, 0.25) is 0 Å². The van der Waals surface area contributed by atoms with E-state index in [1.807, 2.05) is 4.40 Å². The zero-order valence-electron chi connectivity index (χ0n) is 17.7. The Morgan fingerprint density at radius 2 is 1.91 bits per heavy atom. The third kappa shape index (κ3) is 3.53. The van der Waals surface area contributed by atoms with Crippen molar-refractivity contribution in [3.8, 4) is 0 Å². The van der Waals surface area contributed by atoms with Crippen molar-refractivity contribution >= 4 is 56.5 Å². The molecule has 0 fully saturated rings. The molecule has 10 heteroatoms. The van der Waals surface area contributed by atoms with Crippen molar-refractivity contribution in [1.29, 1.82) is 0 Å². The second-order valence-electron chi connectivity index (χ2n) is 7.84. The van der Waals surface area contributed by atoms with Crippen molar-refractivity contribution in [2.45, 2.75) is 37.8 Å². The molecule has 164 valence electrons. The normalized spacial score (nSPS) is 13.4. The minimum atomic E-state index is -0.186. The van der Waals surface area contributed by atoms with Crippen LogP contribution < -0.4 is 10.9 Å². The van der Waals surface area contributed by atoms with Gasteiger partial charge in [0.05, 0.1) is 11.1 Å². The number of anilines is 1. The molecule has 0 unspecified atom stereocenters. The van der Waals surface area contributed by atoms with Gasteiger partial charge in [-0.15, -0.1) is 21.5 Å². The van der Waals surface area contributed by atoms with Gasteiger partial charge in [0.15, 0.2) is 10.9 Å². The lowest BCUT2D eigenvalue weighted by Gasteiger charge is -2.10. The number of thioether (sulfide) groups is 1. The predicted octanol–water partition coefficient (Wildman–Crippen LogP) is 3.45.